The molecular formula is C15H21Br. The quantitative estimate of drug-likeness (QED) is 0.668. The minimum Gasteiger partial charge on any atom is -0.0880 e. The Morgan fingerprint density at radius 3 is 2.25 bits per heavy atom. The van der Waals surface area contributed by atoms with Crippen LogP contribution in [0.25, 0.3) is 6.08 Å². The minimum atomic E-state index is 0.284. The summed E-state index contributed by atoms with van der Waals surface area (Å²) in [5.74, 6) is 0. The molecule has 0 aliphatic carbocycles. The minimum absolute atomic E-state index is 0.284. The van der Waals surface area contributed by atoms with Gasteiger partial charge in [-0.1, -0.05) is 72.6 Å². The molecule has 1 heteroatoms. The van der Waals surface area contributed by atoms with Crippen LogP contribution in [0.4, 0.5) is 0 Å². The molecule has 0 atom stereocenters. The molecule has 16 heavy (non-hydrogen) atoms. The Balaban J connectivity index is 2.92. The predicted octanol–water partition coefficient (Wildman–Crippen LogP) is 5.17. The van der Waals surface area contributed by atoms with Crippen LogP contribution in [0.2, 0.25) is 0 Å². The van der Waals surface area contributed by atoms with Crippen molar-refractivity contribution in [1.29, 1.82) is 0 Å². The summed E-state index contributed by atoms with van der Waals surface area (Å²) in [6.45, 7) is 8.96. The van der Waals surface area contributed by atoms with Gasteiger partial charge >= 0.3 is 0 Å². The third-order valence-electron chi connectivity index (χ3n) is 3.20. The Bertz CT molecular complexity index is 358. The van der Waals surface area contributed by atoms with Crippen LogP contribution in [0.5, 0.6) is 0 Å². The molecule has 1 aromatic carbocycles. The van der Waals surface area contributed by atoms with Crippen LogP contribution in [0.1, 0.15) is 45.2 Å². The topological polar surface area (TPSA) is 0 Å². The van der Waals surface area contributed by atoms with E-state index in [4.69, 9.17) is 0 Å². The van der Waals surface area contributed by atoms with E-state index in [2.05, 4.69) is 74.0 Å². The van der Waals surface area contributed by atoms with Gasteiger partial charge in [0.1, 0.15) is 0 Å². The Hall–Kier alpha value is -0.560. The molecule has 0 aliphatic heterocycles. The van der Waals surface area contributed by atoms with Crippen molar-refractivity contribution in [1.82, 2.24) is 0 Å². The molecule has 0 saturated heterocycles. The van der Waals surface area contributed by atoms with E-state index in [0.717, 1.165) is 5.33 Å². The van der Waals surface area contributed by atoms with Gasteiger partial charge in [0.05, 0.1) is 0 Å². The number of hydrogen-bond acceptors (Lipinski definition) is 0. The van der Waals surface area contributed by atoms with E-state index in [-0.39, 0.29) is 5.41 Å². The highest BCUT2D eigenvalue weighted by Gasteiger charge is 2.17. The first-order chi connectivity index (χ1) is 7.49. The summed E-state index contributed by atoms with van der Waals surface area (Å²) < 4.78 is 0. The molecule has 0 aliphatic rings. The van der Waals surface area contributed by atoms with Crippen molar-refractivity contribution in [3.05, 3.63) is 41.0 Å². The van der Waals surface area contributed by atoms with Gasteiger partial charge in [-0.3, -0.25) is 0 Å². The molecular weight excluding hydrogens is 260 g/mol. The van der Waals surface area contributed by atoms with Gasteiger partial charge in [0, 0.05) is 5.33 Å². The zero-order valence-electron chi connectivity index (χ0n) is 10.7. The maximum absolute atomic E-state index is 3.46. The maximum Gasteiger partial charge on any atom is 0.0242 e. The molecule has 0 amide bonds. The van der Waals surface area contributed by atoms with Crippen molar-refractivity contribution in [3.63, 3.8) is 0 Å². The molecule has 0 saturated carbocycles. The van der Waals surface area contributed by atoms with Crippen molar-refractivity contribution in [2.75, 3.05) is 5.33 Å². The summed E-state index contributed by atoms with van der Waals surface area (Å²) >= 11 is 3.46. The number of rotatable bonds is 4. The second-order valence-electron chi connectivity index (χ2n) is 4.98. The summed E-state index contributed by atoms with van der Waals surface area (Å²) in [6, 6.07) is 8.91. The van der Waals surface area contributed by atoms with E-state index in [9.17, 15) is 0 Å². The molecule has 0 fully saturated rings. The van der Waals surface area contributed by atoms with Crippen LogP contribution in [0, 0.1) is 0 Å². The number of alkyl halides is 1. The Labute approximate surface area is 108 Å². The van der Waals surface area contributed by atoms with Gasteiger partial charge in [-0.25, -0.2) is 0 Å². The monoisotopic (exact) mass is 280 g/mol. The van der Waals surface area contributed by atoms with Crippen molar-refractivity contribution in [3.8, 4) is 0 Å². The number of allylic oxidation sites excluding steroid dienone is 1. The van der Waals surface area contributed by atoms with E-state index in [1.807, 2.05) is 0 Å². The average molecular weight is 281 g/mol. The second-order valence-corrected chi connectivity index (χ2v) is 5.54. The van der Waals surface area contributed by atoms with Crippen molar-refractivity contribution in [2.45, 2.75) is 39.5 Å². The Kier molecular flexibility index (Phi) is 4.79. The fraction of sp³-hybridized carbons (Fsp3) is 0.467. The van der Waals surface area contributed by atoms with Crippen LogP contribution in [0.15, 0.2) is 29.8 Å². The van der Waals surface area contributed by atoms with Crippen LogP contribution in [-0.2, 0) is 5.41 Å². The van der Waals surface area contributed by atoms with Crippen LogP contribution < -0.4 is 0 Å². The third kappa shape index (κ3) is 3.48. The molecule has 0 aromatic heterocycles. The van der Waals surface area contributed by atoms with Gasteiger partial charge in [-0.05, 0) is 29.9 Å². The molecule has 1 rings (SSSR count). The Morgan fingerprint density at radius 1 is 1.25 bits per heavy atom. The van der Waals surface area contributed by atoms with E-state index >= 15 is 0 Å². The normalized spacial score (nSPS) is 12.9. The summed E-state index contributed by atoms with van der Waals surface area (Å²) in [4.78, 5) is 0. The molecule has 0 spiro atoms. The Morgan fingerprint density at radius 2 is 1.81 bits per heavy atom. The van der Waals surface area contributed by atoms with E-state index < -0.39 is 0 Å². The molecule has 0 nitrogen and oxygen atoms in total. The van der Waals surface area contributed by atoms with E-state index in [1.165, 1.54) is 23.1 Å². The lowest BCUT2D eigenvalue weighted by Gasteiger charge is -2.23. The zero-order chi connectivity index (χ0) is 12.2. The summed E-state index contributed by atoms with van der Waals surface area (Å²) in [5, 5.41) is 0.940. The van der Waals surface area contributed by atoms with Gasteiger partial charge in [0.15, 0.2) is 0 Å². The number of benzene rings is 1. The lowest BCUT2D eigenvalue weighted by molar-refractivity contribution is 0.506. The smallest absolute Gasteiger partial charge is 0.0242 e. The molecule has 88 valence electrons. The molecule has 0 heterocycles. The van der Waals surface area contributed by atoms with Gasteiger partial charge in [-0.2, -0.15) is 0 Å². The van der Waals surface area contributed by atoms with Crippen molar-refractivity contribution >= 4 is 22.0 Å². The van der Waals surface area contributed by atoms with E-state index in [0.29, 0.717) is 0 Å². The lowest BCUT2D eigenvalue weighted by Crippen LogP contribution is -2.14. The molecule has 0 unspecified atom stereocenters. The van der Waals surface area contributed by atoms with Gasteiger partial charge in [0.2, 0.25) is 0 Å². The number of hydrogen-bond donors (Lipinski definition) is 0. The highest BCUT2D eigenvalue weighted by molar-refractivity contribution is 9.09. The van der Waals surface area contributed by atoms with Gasteiger partial charge < -0.3 is 0 Å². The maximum atomic E-state index is 3.46. The van der Waals surface area contributed by atoms with Crippen LogP contribution in [0.3, 0.4) is 0 Å². The second kappa shape index (κ2) is 5.67. The number of halogens is 1. The third-order valence-corrected chi connectivity index (χ3v) is 4.08. The van der Waals surface area contributed by atoms with Crippen LogP contribution >= 0.6 is 15.9 Å². The zero-order valence-corrected chi connectivity index (χ0v) is 12.3. The SMILES string of the molecule is CCC(C)(C)c1ccc(C=C(C)CBr)cc1. The lowest BCUT2D eigenvalue weighted by atomic mass is 9.82. The largest absolute Gasteiger partial charge is 0.0880 e. The van der Waals surface area contributed by atoms with Gasteiger partial charge in [-0.15, -0.1) is 0 Å². The molecule has 0 bridgehead atoms. The first kappa shape index (κ1) is 13.5. The summed E-state index contributed by atoms with van der Waals surface area (Å²) in [5.41, 5.74) is 4.34. The fourth-order valence-electron chi connectivity index (χ4n) is 1.56. The standard InChI is InChI=1S/C15H21Br/c1-5-15(3,4)14-8-6-13(7-9-14)10-12(2)11-16/h6-10H,5,11H2,1-4H3. The predicted molar refractivity (Wildman–Crippen MR) is 77.2 cm³/mol. The molecule has 0 radical (unpaired) electrons. The van der Waals surface area contributed by atoms with E-state index in [1.54, 1.807) is 0 Å². The fourth-order valence-corrected chi connectivity index (χ4v) is 1.72. The van der Waals surface area contributed by atoms with Crippen molar-refractivity contribution in [2.24, 2.45) is 0 Å². The molecule has 1 aromatic rings. The van der Waals surface area contributed by atoms with Gasteiger partial charge in [0.25, 0.3) is 0 Å². The first-order valence-corrected chi connectivity index (χ1v) is 6.95. The van der Waals surface area contributed by atoms with Crippen LogP contribution in [-0.4, -0.2) is 5.33 Å². The summed E-state index contributed by atoms with van der Waals surface area (Å²) in [6.07, 6.45) is 3.39. The first-order valence-electron chi connectivity index (χ1n) is 5.83. The highest BCUT2D eigenvalue weighted by atomic mass is 79.9. The average Bonchev–Trinajstić information content (AvgIpc) is 2.29. The summed E-state index contributed by atoms with van der Waals surface area (Å²) in [7, 11) is 0. The van der Waals surface area contributed by atoms with Crippen molar-refractivity contribution < 1.29 is 0 Å². The highest BCUT2D eigenvalue weighted by Crippen LogP contribution is 2.26. The molecule has 0 N–H and O–H groups in total.